The van der Waals surface area contributed by atoms with Crippen LogP contribution in [0.3, 0.4) is 0 Å². The van der Waals surface area contributed by atoms with Gasteiger partial charge in [0, 0.05) is 23.6 Å². The van der Waals surface area contributed by atoms with Crippen LogP contribution in [0.4, 0.5) is 5.69 Å². The maximum atomic E-state index is 11.6. The van der Waals surface area contributed by atoms with Crippen molar-refractivity contribution in [2.75, 3.05) is 18.6 Å². The minimum absolute atomic E-state index is 0.0502. The highest BCUT2D eigenvalue weighted by atomic mass is 32.1. The van der Waals surface area contributed by atoms with Crippen molar-refractivity contribution in [3.8, 4) is 0 Å². The molecule has 0 radical (unpaired) electrons. The normalized spacial score (nSPS) is 20.2. The summed E-state index contributed by atoms with van der Waals surface area (Å²) < 4.78 is 4.61. The Labute approximate surface area is 103 Å². The van der Waals surface area contributed by atoms with E-state index in [0.29, 0.717) is 17.8 Å². The van der Waals surface area contributed by atoms with Gasteiger partial charge in [0.2, 0.25) is 5.91 Å². The number of nitrogens with zero attached hydrogens (tertiary/aromatic N) is 1. The van der Waals surface area contributed by atoms with Gasteiger partial charge in [-0.2, -0.15) is 12.6 Å². The lowest BCUT2D eigenvalue weighted by Crippen LogP contribution is -2.23. The molecule has 0 aliphatic carbocycles. The van der Waals surface area contributed by atoms with E-state index in [1.165, 1.54) is 18.4 Å². The Hall–Kier alpha value is -1.01. The number of anilines is 1. The highest BCUT2D eigenvalue weighted by Crippen LogP contribution is 2.28. The van der Waals surface area contributed by atoms with E-state index in [0.717, 1.165) is 5.69 Å². The third kappa shape index (κ3) is 2.08. The van der Waals surface area contributed by atoms with Crippen LogP contribution in [0.2, 0.25) is 0 Å². The molecule has 1 aliphatic rings. The Morgan fingerprint density at radius 1 is 1.69 bits per heavy atom. The lowest BCUT2D eigenvalue weighted by molar-refractivity contribution is -0.117. The molecule has 1 amide bonds. The fourth-order valence-electron chi connectivity index (χ4n) is 1.61. The van der Waals surface area contributed by atoms with Gasteiger partial charge in [0.25, 0.3) is 0 Å². The highest BCUT2D eigenvalue weighted by Gasteiger charge is 2.29. The van der Waals surface area contributed by atoms with Crippen LogP contribution in [-0.2, 0) is 9.53 Å². The summed E-state index contributed by atoms with van der Waals surface area (Å²) in [7, 11) is 1.34. The topological polar surface area (TPSA) is 46.6 Å². The van der Waals surface area contributed by atoms with E-state index in [1.807, 2.05) is 0 Å². The largest absolute Gasteiger partial charge is 0.465 e. The second-order valence-electron chi connectivity index (χ2n) is 3.52. The van der Waals surface area contributed by atoms with Crippen molar-refractivity contribution in [3.05, 3.63) is 16.3 Å². The molecule has 2 heterocycles. The summed E-state index contributed by atoms with van der Waals surface area (Å²) in [4.78, 5) is 25.0. The number of carbonyl (C=O) groups excluding carboxylic acids is 2. The lowest BCUT2D eigenvalue weighted by atomic mass is 10.4. The summed E-state index contributed by atoms with van der Waals surface area (Å²) in [5, 5.41) is 1.87. The minimum Gasteiger partial charge on any atom is -0.465 e. The average Bonchev–Trinajstić information content (AvgIpc) is 2.83. The molecule has 1 unspecified atom stereocenters. The molecule has 1 atom stereocenters. The van der Waals surface area contributed by atoms with E-state index < -0.39 is 0 Å². The van der Waals surface area contributed by atoms with Crippen molar-refractivity contribution in [1.29, 1.82) is 0 Å². The number of hydrogen-bond acceptors (Lipinski definition) is 5. The van der Waals surface area contributed by atoms with Crippen LogP contribution in [0, 0.1) is 0 Å². The molecule has 1 fully saturated rings. The summed E-state index contributed by atoms with van der Waals surface area (Å²) in [5.41, 5.74) is 0.756. The molecule has 1 aliphatic heterocycles. The summed E-state index contributed by atoms with van der Waals surface area (Å²) in [5.74, 6) is -0.320. The molecule has 4 nitrogen and oxygen atoms in total. The van der Waals surface area contributed by atoms with Gasteiger partial charge in [-0.15, -0.1) is 11.3 Å². The van der Waals surface area contributed by atoms with Crippen molar-refractivity contribution in [2.45, 2.75) is 11.7 Å². The van der Waals surface area contributed by atoms with Crippen molar-refractivity contribution in [2.24, 2.45) is 0 Å². The molecule has 16 heavy (non-hydrogen) atoms. The SMILES string of the molecule is COC(=O)c1cc(N2CC(S)CC2=O)cs1. The highest BCUT2D eigenvalue weighted by molar-refractivity contribution is 7.81. The van der Waals surface area contributed by atoms with Crippen LogP contribution in [0.25, 0.3) is 0 Å². The average molecular weight is 257 g/mol. The van der Waals surface area contributed by atoms with Crippen LogP contribution in [-0.4, -0.2) is 30.8 Å². The number of thiophene rings is 1. The molecule has 1 saturated heterocycles. The van der Waals surface area contributed by atoms with E-state index in [4.69, 9.17) is 0 Å². The number of esters is 1. The zero-order chi connectivity index (χ0) is 11.7. The van der Waals surface area contributed by atoms with E-state index >= 15 is 0 Å². The predicted octanol–water partition coefficient (Wildman–Crippen LogP) is 1.57. The van der Waals surface area contributed by atoms with Gasteiger partial charge < -0.3 is 9.64 Å². The van der Waals surface area contributed by atoms with Crippen molar-refractivity contribution in [1.82, 2.24) is 0 Å². The Morgan fingerprint density at radius 2 is 2.44 bits per heavy atom. The molecule has 0 aromatic carbocycles. The summed E-state index contributed by atoms with van der Waals surface area (Å²) in [6.07, 6.45) is 0.451. The number of ether oxygens (including phenoxy) is 1. The molecule has 0 saturated carbocycles. The Bertz CT molecular complexity index is 429. The summed E-state index contributed by atoms with van der Waals surface area (Å²) in [6, 6.07) is 1.68. The molecule has 86 valence electrons. The summed E-state index contributed by atoms with van der Waals surface area (Å²) in [6.45, 7) is 0.597. The fourth-order valence-corrected chi connectivity index (χ4v) is 2.74. The van der Waals surface area contributed by atoms with Gasteiger partial charge in [0.05, 0.1) is 12.8 Å². The van der Waals surface area contributed by atoms with Crippen LogP contribution in [0.1, 0.15) is 16.1 Å². The number of hydrogen-bond donors (Lipinski definition) is 1. The van der Waals surface area contributed by atoms with Gasteiger partial charge in [-0.1, -0.05) is 0 Å². The molecular formula is C10H11NO3S2. The predicted molar refractivity (Wildman–Crippen MR) is 65.4 cm³/mol. The molecule has 1 aromatic heterocycles. The van der Waals surface area contributed by atoms with Gasteiger partial charge in [-0.05, 0) is 6.07 Å². The maximum absolute atomic E-state index is 11.6. The van der Waals surface area contributed by atoms with Crippen LogP contribution in [0.15, 0.2) is 11.4 Å². The number of amides is 1. The number of thiol groups is 1. The maximum Gasteiger partial charge on any atom is 0.348 e. The molecule has 0 N–H and O–H groups in total. The Morgan fingerprint density at radius 3 is 3.00 bits per heavy atom. The second-order valence-corrected chi connectivity index (χ2v) is 5.16. The third-order valence-electron chi connectivity index (χ3n) is 2.39. The number of rotatable bonds is 2. The second kappa shape index (κ2) is 4.47. The smallest absolute Gasteiger partial charge is 0.348 e. The molecule has 1 aromatic rings. The minimum atomic E-state index is -0.370. The number of carbonyl (C=O) groups is 2. The summed E-state index contributed by atoms with van der Waals surface area (Å²) >= 11 is 5.56. The lowest BCUT2D eigenvalue weighted by Gasteiger charge is -2.12. The zero-order valence-corrected chi connectivity index (χ0v) is 10.4. The van der Waals surface area contributed by atoms with Crippen LogP contribution < -0.4 is 4.90 Å². The molecule has 0 bridgehead atoms. The third-order valence-corrected chi connectivity index (χ3v) is 3.63. The Kier molecular flexibility index (Phi) is 3.20. The van der Waals surface area contributed by atoms with E-state index in [1.54, 1.807) is 16.3 Å². The zero-order valence-electron chi connectivity index (χ0n) is 8.67. The standard InChI is InChI=1S/C10H11NO3S2/c1-14-10(13)8-2-6(5-16-8)11-4-7(15)3-9(11)12/h2,5,7,15H,3-4H2,1H3. The first kappa shape index (κ1) is 11.5. The van der Waals surface area contributed by atoms with Gasteiger partial charge >= 0.3 is 5.97 Å². The van der Waals surface area contributed by atoms with Crippen molar-refractivity contribution >= 4 is 41.5 Å². The Balaban J connectivity index is 2.19. The van der Waals surface area contributed by atoms with E-state index in [2.05, 4.69) is 17.4 Å². The first-order chi connectivity index (χ1) is 7.61. The van der Waals surface area contributed by atoms with Gasteiger partial charge in [0.15, 0.2) is 0 Å². The van der Waals surface area contributed by atoms with Crippen molar-refractivity contribution < 1.29 is 14.3 Å². The molecule has 6 heteroatoms. The van der Waals surface area contributed by atoms with Crippen LogP contribution in [0.5, 0.6) is 0 Å². The molecule has 2 rings (SSSR count). The van der Waals surface area contributed by atoms with E-state index in [9.17, 15) is 9.59 Å². The quantitative estimate of drug-likeness (QED) is 0.646. The first-order valence-electron chi connectivity index (χ1n) is 4.77. The number of methoxy groups -OCH3 is 1. The van der Waals surface area contributed by atoms with E-state index in [-0.39, 0.29) is 17.1 Å². The monoisotopic (exact) mass is 257 g/mol. The fraction of sp³-hybridized carbons (Fsp3) is 0.400. The van der Waals surface area contributed by atoms with Crippen LogP contribution >= 0.6 is 24.0 Å². The van der Waals surface area contributed by atoms with Gasteiger partial charge in [0.1, 0.15) is 4.88 Å². The van der Waals surface area contributed by atoms with Gasteiger partial charge in [-0.25, -0.2) is 4.79 Å². The molecule has 0 spiro atoms. The molecular weight excluding hydrogens is 246 g/mol. The first-order valence-corrected chi connectivity index (χ1v) is 6.16. The van der Waals surface area contributed by atoms with Gasteiger partial charge in [-0.3, -0.25) is 4.79 Å². The van der Waals surface area contributed by atoms with Crippen molar-refractivity contribution in [3.63, 3.8) is 0 Å².